The van der Waals surface area contributed by atoms with Gasteiger partial charge in [0.1, 0.15) is 5.75 Å². The third kappa shape index (κ3) is 3.12. The molecule has 0 atom stereocenters. The van der Waals surface area contributed by atoms with E-state index in [1.165, 1.54) is 0 Å². The normalized spacial score (nSPS) is 14.3. The summed E-state index contributed by atoms with van der Waals surface area (Å²) in [7, 11) is 0. The standard InChI is InChI=1S/C13H16ClNO2S/c14-10-4-5-12-11(8-10)15(13(16)9-17-12)6-2-1-3-7-18/h4-5,8,18H,1-3,6-7,9H2. The van der Waals surface area contributed by atoms with Gasteiger partial charge in [-0.05, 0) is 36.8 Å². The van der Waals surface area contributed by atoms with E-state index >= 15 is 0 Å². The monoisotopic (exact) mass is 285 g/mol. The first-order valence-electron chi connectivity index (χ1n) is 6.06. The van der Waals surface area contributed by atoms with Crippen molar-refractivity contribution in [2.75, 3.05) is 23.8 Å². The highest BCUT2D eigenvalue weighted by Gasteiger charge is 2.25. The molecule has 1 heterocycles. The number of hydrogen-bond acceptors (Lipinski definition) is 3. The van der Waals surface area contributed by atoms with Crippen molar-refractivity contribution in [3.63, 3.8) is 0 Å². The van der Waals surface area contributed by atoms with Crippen molar-refractivity contribution in [3.05, 3.63) is 23.2 Å². The zero-order valence-corrected chi connectivity index (χ0v) is 11.7. The molecule has 0 N–H and O–H groups in total. The number of nitrogens with zero attached hydrogens (tertiary/aromatic N) is 1. The van der Waals surface area contributed by atoms with E-state index in [2.05, 4.69) is 12.6 Å². The van der Waals surface area contributed by atoms with Gasteiger partial charge in [-0.1, -0.05) is 18.0 Å². The number of thiol groups is 1. The van der Waals surface area contributed by atoms with Crippen LogP contribution in [-0.2, 0) is 4.79 Å². The molecule has 1 amide bonds. The van der Waals surface area contributed by atoms with Crippen molar-refractivity contribution in [3.8, 4) is 5.75 Å². The van der Waals surface area contributed by atoms with Gasteiger partial charge in [0.05, 0.1) is 5.69 Å². The van der Waals surface area contributed by atoms with Crippen LogP contribution in [-0.4, -0.2) is 24.8 Å². The third-order valence-corrected chi connectivity index (χ3v) is 3.46. The fourth-order valence-electron chi connectivity index (χ4n) is 1.98. The predicted molar refractivity (Wildman–Crippen MR) is 77.0 cm³/mol. The number of ether oxygens (including phenoxy) is 1. The second-order valence-electron chi connectivity index (χ2n) is 4.23. The van der Waals surface area contributed by atoms with Crippen molar-refractivity contribution >= 4 is 35.8 Å². The van der Waals surface area contributed by atoms with E-state index in [0.717, 1.165) is 36.5 Å². The van der Waals surface area contributed by atoms with Gasteiger partial charge in [-0.3, -0.25) is 4.79 Å². The first kappa shape index (κ1) is 13.6. The number of hydrogen-bond donors (Lipinski definition) is 1. The van der Waals surface area contributed by atoms with Gasteiger partial charge in [-0.15, -0.1) is 0 Å². The Balaban J connectivity index is 2.09. The van der Waals surface area contributed by atoms with Crippen LogP contribution in [0.15, 0.2) is 18.2 Å². The Kier molecular flexibility index (Phi) is 4.78. The van der Waals surface area contributed by atoms with Gasteiger partial charge in [0, 0.05) is 11.6 Å². The molecule has 1 aliphatic rings. The highest BCUT2D eigenvalue weighted by molar-refractivity contribution is 7.80. The van der Waals surface area contributed by atoms with Crippen LogP contribution < -0.4 is 9.64 Å². The number of unbranched alkanes of at least 4 members (excludes halogenated alkanes) is 2. The lowest BCUT2D eigenvalue weighted by Gasteiger charge is -2.29. The number of halogens is 1. The Morgan fingerprint density at radius 1 is 1.33 bits per heavy atom. The topological polar surface area (TPSA) is 29.5 Å². The highest BCUT2D eigenvalue weighted by atomic mass is 35.5. The smallest absolute Gasteiger partial charge is 0.265 e. The molecule has 3 nitrogen and oxygen atoms in total. The quantitative estimate of drug-likeness (QED) is 0.665. The summed E-state index contributed by atoms with van der Waals surface area (Å²) in [6.45, 7) is 0.824. The average Bonchev–Trinajstić information content (AvgIpc) is 2.36. The predicted octanol–water partition coefficient (Wildman–Crippen LogP) is 3.17. The number of carbonyl (C=O) groups is 1. The van der Waals surface area contributed by atoms with E-state index in [9.17, 15) is 4.79 Å². The highest BCUT2D eigenvalue weighted by Crippen LogP contribution is 2.34. The van der Waals surface area contributed by atoms with Crippen molar-refractivity contribution in [2.24, 2.45) is 0 Å². The molecule has 0 aliphatic carbocycles. The summed E-state index contributed by atoms with van der Waals surface area (Å²) in [4.78, 5) is 13.6. The molecule has 0 radical (unpaired) electrons. The van der Waals surface area contributed by atoms with Gasteiger partial charge < -0.3 is 9.64 Å². The van der Waals surface area contributed by atoms with Crippen LogP contribution in [0.25, 0.3) is 0 Å². The van der Waals surface area contributed by atoms with Gasteiger partial charge in [0.2, 0.25) is 0 Å². The van der Waals surface area contributed by atoms with Crippen LogP contribution in [0.1, 0.15) is 19.3 Å². The second kappa shape index (κ2) is 6.34. The maximum atomic E-state index is 11.9. The SMILES string of the molecule is O=C1COc2ccc(Cl)cc2N1CCCCCS. The lowest BCUT2D eigenvalue weighted by atomic mass is 10.2. The molecule has 0 fully saturated rings. The van der Waals surface area contributed by atoms with E-state index in [1.54, 1.807) is 17.0 Å². The molecular formula is C13H16ClNO2S. The van der Waals surface area contributed by atoms with Crippen LogP contribution in [0.4, 0.5) is 5.69 Å². The fourth-order valence-corrected chi connectivity index (χ4v) is 2.37. The Labute approximate surface area is 117 Å². The lowest BCUT2D eigenvalue weighted by molar-refractivity contribution is -0.121. The minimum Gasteiger partial charge on any atom is -0.482 e. The third-order valence-electron chi connectivity index (χ3n) is 2.90. The Bertz CT molecular complexity index is 439. The number of amides is 1. The van der Waals surface area contributed by atoms with E-state index in [0.29, 0.717) is 11.6 Å². The number of anilines is 1. The molecule has 0 bridgehead atoms. The summed E-state index contributed by atoms with van der Waals surface area (Å²) >= 11 is 10.1. The first-order chi connectivity index (χ1) is 8.72. The average molecular weight is 286 g/mol. The molecule has 2 rings (SSSR count). The number of fused-ring (bicyclic) bond motifs is 1. The van der Waals surface area contributed by atoms with Crippen molar-refractivity contribution in [1.29, 1.82) is 0 Å². The molecule has 5 heteroatoms. The minimum absolute atomic E-state index is 0.00404. The maximum absolute atomic E-state index is 11.9. The van der Waals surface area contributed by atoms with E-state index in [-0.39, 0.29) is 12.5 Å². The van der Waals surface area contributed by atoms with Crippen LogP contribution in [0.2, 0.25) is 5.02 Å². The van der Waals surface area contributed by atoms with Crippen LogP contribution >= 0.6 is 24.2 Å². The summed E-state index contributed by atoms with van der Waals surface area (Å²) in [6, 6.07) is 5.37. The second-order valence-corrected chi connectivity index (χ2v) is 5.11. The van der Waals surface area contributed by atoms with Crippen LogP contribution in [0, 0.1) is 0 Å². The number of rotatable bonds is 5. The summed E-state index contributed by atoms with van der Waals surface area (Å²) in [5.74, 6) is 1.61. The van der Waals surface area contributed by atoms with Crippen LogP contribution in [0.5, 0.6) is 5.75 Å². The Morgan fingerprint density at radius 3 is 2.94 bits per heavy atom. The van der Waals surface area contributed by atoms with Gasteiger partial charge in [-0.2, -0.15) is 12.6 Å². The first-order valence-corrected chi connectivity index (χ1v) is 7.07. The van der Waals surface area contributed by atoms with E-state index in [4.69, 9.17) is 16.3 Å². The Hall–Kier alpha value is -0.870. The van der Waals surface area contributed by atoms with Crippen molar-refractivity contribution < 1.29 is 9.53 Å². The Morgan fingerprint density at radius 2 is 2.17 bits per heavy atom. The molecule has 0 saturated heterocycles. The molecular weight excluding hydrogens is 270 g/mol. The number of benzene rings is 1. The molecule has 98 valence electrons. The summed E-state index contributed by atoms with van der Waals surface area (Å²) in [5, 5.41) is 0.618. The largest absolute Gasteiger partial charge is 0.482 e. The number of carbonyl (C=O) groups excluding carboxylic acids is 1. The maximum Gasteiger partial charge on any atom is 0.265 e. The summed E-state index contributed by atoms with van der Waals surface area (Å²) in [5.41, 5.74) is 0.782. The molecule has 0 unspecified atom stereocenters. The molecule has 18 heavy (non-hydrogen) atoms. The van der Waals surface area contributed by atoms with Gasteiger partial charge in [0.15, 0.2) is 6.61 Å². The molecule has 1 aromatic carbocycles. The summed E-state index contributed by atoms with van der Waals surface area (Å²) in [6.07, 6.45) is 3.12. The lowest BCUT2D eigenvalue weighted by Crippen LogP contribution is -2.39. The molecule has 1 aromatic rings. The zero-order valence-electron chi connectivity index (χ0n) is 10.1. The fraction of sp³-hybridized carbons (Fsp3) is 0.462. The van der Waals surface area contributed by atoms with Gasteiger partial charge >= 0.3 is 0 Å². The molecule has 0 aromatic heterocycles. The zero-order chi connectivity index (χ0) is 13.0. The minimum atomic E-state index is -0.00404. The van der Waals surface area contributed by atoms with Crippen molar-refractivity contribution in [2.45, 2.75) is 19.3 Å². The van der Waals surface area contributed by atoms with Gasteiger partial charge in [-0.25, -0.2) is 0 Å². The molecule has 0 spiro atoms. The molecule has 1 aliphatic heterocycles. The van der Waals surface area contributed by atoms with Gasteiger partial charge in [0.25, 0.3) is 5.91 Å². The van der Waals surface area contributed by atoms with Crippen LogP contribution in [0.3, 0.4) is 0 Å². The van der Waals surface area contributed by atoms with E-state index < -0.39 is 0 Å². The summed E-state index contributed by atoms with van der Waals surface area (Å²) < 4.78 is 5.39. The van der Waals surface area contributed by atoms with Crippen molar-refractivity contribution in [1.82, 2.24) is 0 Å². The molecule has 0 saturated carbocycles. The van der Waals surface area contributed by atoms with E-state index in [1.807, 2.05) is 6.07 Å².